The predicted molar refractivity (Wildman–Crippen MR) is 160 cm³/mol. The van der Waals surface area contributed by atoms with E-state index < -0.39 is 68.4 Å². The number of hydrogen-bond donors (Lipinski definition) is 8. The van der Waals surface area contributed by atoms with Crippen LogP contribution in [0.1, 0.15) is 51.2 Å². The van der Waals surface area contributed by atoms with Crippen molar-refractivity contribution >= 4 is 45.0 Å². The van der Waals surface area contributed by atoms with Crippen molar-refractivity contribution in [2.75, 3.05) is 31.3 Å². The standard InChI is InChI=1S/C28H38N4O7.H2O4S/c1-6-7-8-32(12(2)3)17-11-16(29)22(33)19-14(17)9-13-10-15-21(31(4)5)24(35)20(27(30)38)26(37)28(15,39)25(36)18(13)23(19)34;1-5(2,3)4/h11-13,15,21,33-34,37,39H,6-10,29H2,1-5H3,(H2,30,38);(H2,1,2,3,4)/t13?,15?,21-,28-;/m0./s1. The number of rotatable bonds is 7. The molecule has 3 aliphatic carbocycles. The molecule has 16 heteroatoms. The number of aliphatic hydroxyl groups is 3. The zero-order chi connectivity index (χ0) is 33.6. The Bertz CT molecular complexity index is 1540. The number of aromatic hydroxyl groups is 1. The van der Waals surface area contributed by atoms with Crippen molar-refractivity contribution in [3.05, 3.63) is 34.1 Å². The molecule has 2 unspecified atom stereocenters. The lowest BCUT2D eigenvalue weighted by Gasteiger charge is -2.50. The van der Waals surface area contributed by atoms with E-state index in [1.807, 2.05) is 13.8 Å². The fraction of sp³-hybridized carbons (Fsp3) is 0.536. The third-order valence-electron chi connectivity index (χ3n) is 8.41. The molecule has 1 fully saturated rings. The number of anilines is 2. The van der Waals surface area contributed by atoms with Crippen LogP contribution in [0.25, 0.3) is 5.76 Å². The number of fused-ring (bicyclic) bond motifs is 3. The van der Waals surface area contributed by atoms with Gasteiger partial charge in [0.25, 0.3) is 5.91 Å². The van der Waals surface area contributed by atoms with Crippen LogP contribution in [0.15, 0.2) is 23.0 Å². The number of unbranched alkanes of at least 4 members (excludes halogenated alkanes) is 1. The smallest absolute Gasteiger partial charge is 0.394 e. The van der Waals surface area contributed by atoms with Crippen molar-refractivity contribution in [2.45, 2.75) is 64.1 Å². The van der Waals surface area contributed by atoms with Crippen molar-refractivity contribution in [3.63, 3.8) is 0 Å². The Morgan fingerprint density at radius 2 is 1.73 bits per heavy atom. The molecular weight excluding hydrogens is 600 g/mol. The van der Waals surface area contributed by atoms with Gasteiger partial charge in [0.15, 0.2) is 11.4 Å². The van der Waals surface area contributed by atoms with Crippen LogP contribution >= 0.6 is 0 Å². The number of Topliss-reactive ketones (excluding diaryl/α,β-unsaturated/α-hetero) is 2. The molecule has 1 aromatic rings. The largest absolute Gasteiger partial charge is 0.508 e. The molecule has 0 bridgehead atoms. The van der Waals surface area contributed by atoms with Crippen LogP contribution in [0.5, 0.6) is 5.75 Å². The molecule has 0 saturated heterocycles. The van der Waals surface area contributed by atoms with Gasteiger partial charge in [-0.1, -0.05) is 13.3 Å². The summed E-state index contributed by atoms with van der Waals surface area (Å²) in [5, 5.41) is 45.1. The Kier molecular flexibility index (Phi) is 9.77. The highest BCUT2D eigenvalue weighted by atomic mass is 32.3. The van der Waals surface area contributed by atoms with Crippen LogP contribution in [0.4, 0.5) is 11.4 Å². The molecule has 244 valence electrons. The third-order valence-corrected chi connectivity index (χ3v) is 8.41. The molecule has 0 aromatic heterocycles. The molecule has 1 saturated carbocycles. The first kappa shape index (κ1) is 34.8. The zero-order valence-electron chi connectivity index (χ0n) is 25.1. The summed E-state index contributed by atoms with van der Waals surface area (Å²) in [6, 6.07) is 0.612. The van der Waals surface area contributed by atoms with Gasteiger partial charge in [-0.3, -0.25) is 28.4 Å². The van der Waals surface area contributed by atoms with Gasteiger partial charge in [-0.15, -0.1) is 0 Å². The Labute approximate surface area is 255 Å². The van der Waals surface area contributed by atoms with Gasteiger partial charge in [0.1, 0.15) is 22.8 Å². The summed E-state index contributed by atoms with van der Waals surface area (Å²) >= 11 is 0. The summed E-state index contributed by atoms with van der Waals surface area (Å²) in [6.45, 7) is 6.84. The summed E-state index contributed by atoms with van der Waals surface area (Å²) in [4.78, 5) is 43.0. The second-order valence-corrected chi connectivity index (χ2v) is 12.6. The van der Waals surface area contributed by atoms with E-state index in [1.165, 1.54) is 4.90 Å². The number of primary amides is 1. The Hall–Kier alpha value is -3.70. The zero-order valence-corrected chi connectivity index (χ0v) is 25.9. The molecule has 10 N–H and O–H groups in total. The minimum atomic E-state index is -4.67. The maximum Gasteiger partial charge on any atom is 0.394 e. The van der Waals surface area contributed by atoms with Gasteiger partial charge in [-0.05, 0) is 64.8 Å². The first-order valence-corrected chi connectivity index (χ1v) is 15.3. The normalized spacial score (nSPS) is 24.9. The minimum absolute atomic E-state index is 0.00318. The van der Waals surface area contributed by atoms with Gasteiger partial charge in [0.05, 0.1) is 17.3 Å². The van der Waals surface area contributed by atoms with Crippen LogP contribution in [-0.4, -0.2) is 98.6 Å². The Morgan fingerprint density at radius 1 is 1.16 bits per heavy atom. The first-order chi connectivity index (χ1) is 20.2. The van der Waals surface area contributed by atoms with Crippen molar-refractivity contribution < 1.29 is 52.3 Å². The molecule has 4 rings (SSSR count). The molecule has 0 heterocycles. The fourth-order valence-corrected chi connectivity index (χ4v) is 6.55. The minimum Gasteiger partial charge on any atom is -0.508 e. The molecule has 15 nitrogen and oxygen atoms in total. The molecule has 44 heavy (non-hydrogen) atoms. The van der Waals surface area contributed by atoms with Crippen LogP contribution in [0, 0.1) is 11.8 Å². The van der Waals surface area contributed by atoms with Crippen LogP contribution in [0.3, 0.4) is 0 Å². The predicted octanol–water partition coefficient (Wildman–Crippen LogP) is 0.908. The molecule has 1 aromatic carbocycles. The number of phenols is 1. The third kappa shape index (κ3) is 5.99. The number of nitrogens with zero attached hydrogens (tertiary/aromatic N) is 2. The lowest BCUT2D eigenvalue weighted by molar-refractivity contribution is -0.153. The topological polar surface area (TPSA) is 265 Å². The fourth-order valence-electron chi connectivity index (χ4n) is 6.55. The highest BCUT2D eigenvalue weighted by Crippen LogP contribution is 2.54. The van der Waals surface area contributed by atoms with Crippen LogP contribution < -0.4 is 16.4 Å². The van der Waals surface area contributed by atoms with Gasteiger partial charge in [0.2, 0.25) is 5.78 Å². The molecule has 3 aliphatic rings. The van der Waals surface area contributed by atoms with E-state index in [-0.39, 0.29) is 41.5 Å². The highest BCUT2D eigenvalue weighted by Gasteiger charge is 2.64. The lowest BCUT2D eigenvalue weighted by atomic mass is 9.57. The molecule has 0 radical (unpaired) electrons. The monoisotopic (exact) mass is 640 g/mol. The van der Waals surface area contributed by atoms with E-state index in [0.29, 0.717) is 12.1 Å². The number of ketones is 2. The number of benzene rings is 1. The summed E-state index contributed by atoms with van der Waals surface area (Å²) in [5.74, 6) is -6.90. The molecule has 0 spiro atoms. The molecular formula is C28H40N4O11S. The van der Waals surface area contributed by atoms with E-state index >= 15 is 0 Å². The number of aliphatic hydroxyl groups excluding tert-OH is 2. The average molecular weight is 641 g/mol. The van der Waals surface area contributed by atoms with Crippen molar-refractivity contribution in [1.29, 1.82) is 0 Å². The van der Waals surface area contributed by atoms with E-state index in [0.717, 1.165) is 18.5 Å². The second-order valence-electron chi connectivity index (χ2n) is 11.7. The number of nitrogens with two attached hydrogens (primary N) is 2. The maximum atomic E-state index is 14.0. The summed E-state index contributed by atoms with van der Waals surface area (Å²) in [5.41, 5.74) is 9.18. The van der Waals surface area contributed by atoms with Crippen molar-refractivity contribution in [1.82, 2.24) is 4.90 Å². The average Bonchev–Trinajstić information content (AvgIpc) is 2.87. The van der Waals surface area contributed by atoms with Crippen molar-refractivity contribution in [3.8, 4) is 5.75 Å². The number of carbonyl (C=O) groups excluding carboxylic acids is 3. The van der Waals surface area contributed by atoms with Gasteiger partial charge in [-0.25, -0.2) is 0 Å². The SMILES string of the molecule is CCCCN(c1cc(N)c(O)c2c1CC1CC3[C@H](N(C)C)C(=O)C(C(N)=O)=C(O)[C@@]3(O)C(=O)C1=C2O)C(C)C.O=S(=O)(O)O. The van der Waals surface area contributed by atoms with Gasteiger partial charge in [-0.2, -0.15) is 8.42 Å². The number of likely N-dealkylation sites (N-methyl/N-ethyl adjacent to an activating group) is 1. The molecule has 4 atom stereocenters. The van der Waals surface area contributed by atoms with Crippen molar-refractivity contribution in [2.24, 2.45) is 17.6 Å². The summed E-state index contributed by atoms with van der Waals surface area (Å²) in [7, 11) is -1.53. The van der Waals surface area contributed by atoms with E-state index in [9.17, 15) is 34.8 Å². The van der Waals surface area contributed by atoms with Gasteiger partial charge >= 0.3 is 10.4 Å². The lowest BCUT2D eigenvalue weighted by Crippen LogP contribution is -2.65. The summed E-state index contributed by atoms with van der Waals surface area (Å²) in [6.07, 6.45) is 2.11. The Balaban J connectivity index is 0.000000978. The second kappa shape index (κ2) is 12.4. The van der Waals surface area contributed by atoms with Crippen LogP contribution in [-0.2, 0) is 31.2 Å². The number of hydrogen-bond acceptors (Lipinski definition) is 12. The van der Waals surface area contributed by atoms with E-state index in [2.05, 4.69) is 11.8 Å². The van der Waals surface area contributed by atoms with Crippen LogP contribution in [0.2, 0.25) is 0 Å². The Morgan fingerprint density at radius 3 is 2.20 bits per heavy atom. The van der Waals surface area contributed by atoms with E-state index in [1.54, 1.807) is 20.2 Å². The first-order valence-electron chi connectivity index (χ1n) is 14.0. The number of nitrogen functional groups attached to an aromatic ring is 1. The van der Waals surface area contributed by atoms with E-state index in [4.69, 9.17) is 29.0 Å². The number of amides is 1. The summed E-state index contributed by atoms with van der Waals surface area (Å²) < 4.78 is 31.6. The quantitative estimate of drug-likeness (QED) is 0.0891. The molecule has 1 amide bonds. The van der Waals surface area contributed by atoms with Gasteiger partial charge in [0, 0.05) is 29.8 Å². The highest BCUT2D eigenvalue weighted by molar-refractivity contribution is 7.79. The number of phenolic OH excluding ortho intramolecular Hbond substituents is 1. The maximum absolute atomic E-state index is 14.0. The number of carbonyl (C=O) groups is 3. The molecule has 0 aliphatic heterocycles. The van der Waals surface area contributed by atoms with Gasteiger partial charge < -0.3 is 36.8 Å².